The van der Waals surface area contributed by atoms with Gasteiger partial charge >= 0.3 is 0 Å². The topological polar surface area (TPSA) is 29.9 Å². The molecule has 0 saturated heterocycles. The summed E-state index contributed by atoms with van der Waals surface area (Å²) in [4.78, 5) is 0. The van der Waals surface area contributed by atoms with E-state index in [1.54, 1.807) is 0 Å². The first-order valence-corrected chi connectivity index (χ1v) is 6.93. The van der Waals surface area contributed by atoms with Crippen LogP contribution in [0.3, 0.4) is 0 Å². The van der Waals surface area contributed by atoms with Gasteiger partial charge in [-0.2, -0.15) is 5.10 Å². The molecule has 17 heavy (non-hydrogen) atoms. The van der Waals surface area contributed by atoms with Gasteiger partial charge in [-0.3, -0.25) is 4.68 Å². The lowest BCUT2D eigenvalue weighted by Crippen LogP contribution is -2.31. The Kier molecular flexibility index (Phi) is 4.21. The van der Waals surface area contributed by atoms with E-state index in [9.17, 15) is 0 Å². The third kappa shape index (κ3) is 3.09. The molecule has 1 heterocycles. The van der Waals surface area contributed by atoms with Crippen LogP contribution in [-0.4, -0.2) is 16.3 Å². The predicted molar refractivity (Wildman–Crippen MR) is 70.7 cm³/mol. The molecule has 1 fully saturated rings. The molecule has 0 aliphatic heterocycles. The molecule has 3 heteroatoms. The minimum Gasteiger partial charge on any atom is -0.309 e. The Morgan fingerprint density at radius 3 is 2.65 bits per heavy atom. The lowest BCUT2D eigenvalue weighted by molar-refractivity contribution is 0.230. The van der Waals surface area contributed by atoms with E-state index in [4.69, 9.17) is 0 Å². The highest BCUT2D eigenvalue weighted by atomic mass is 15.3. The van der Waals surface area contributed by atoms with Crippen molar-refractivity contribution in [1.29, 1.82) is 0 Å². The van der Waals surface area contributed by atoms with Crippen molar-refractivity contribution in [3.8, 4) is 0 Å². The van der Waals surface area contributed by atoms with E-state index in [0.29, 0.717) is 6.04 Å². The van der Waals surface area contributed by atoms with Gasteiger partial charge in [-0.05, 0) is 37.3 Å². The molecule has 0 aromatic carbocycles. The van der Waals surface area contributed by atoms with E-state index in [0.717, 1.165) is 18.4 Å². The smallest absolute Gasteiger partial charge is 0.0796 e. The molecule has 1 aliphatic carbocycles. The third-order valence-electron chi connectivity index (χ3n) is 4.01. The summed E-state index contributed by atoms with van der Waals surface area (Å²) in [5.74, 6) is 1.68. The molecule has 0 spiro atoms. The Morgan fingerprint density at radius 2 is 2.12 bits per heavy atom. The van der Waals surface area contributed by atoms with Crippen LogP contribution in [0.25, 0.3) is 0 Å². The molecular formula is C14H25N3. The van der Waals surface area contributed by atoms with Crippen LogP contribution >= 0.6 is 0 Å². The predicted octanol–water partition coefficient (Wildman–Crippen LogP) is 2.90. The van der Waals surface area contributed by atoms with Gasteiger partial charge in [0.25, 0.3) is 0 Å². The molecule has 0 radical (unpaired) electrons. The molecule has 2 rings (SSSR count). The number of aromatic nitrogens is 2. The Bertz CT molecular complexity index is 337. The van der Waals surface area contributed by atoms with Crippen LogP contribution in [0.5, 0.6) is 0 Å². The maximum Gasteiger partial charge on any atom is 0.0796 e. The lowest BCUT2D eigenvalue weighted by atomic mass is 9.78. The first-order chi connectivity index (χ1) is 8.20. The number of hydrogen-bond acceptors (Lipinski definition) is 2. The average molecular weight is 235 g/mol. The summed E-state index contributed by atoms with van der Waals surface area (Å²) in [6, 6.07) is 2.61. The minimum absolute atomic E-state index is 0.453. The summed E-state index contributed by atoms with van der Waals surface area (Å²) < 4.78 is 1.91. The molecule has 1 aliphatic rings. The molecule has 96 valence electrons. The number of nitrogens with zero attached hydrogens (tertiary/aromatic N) is 2. The summed E-state index contributed by atoms with van der Waals surface area (Å²) in [5.41, 5.74) is 1.22. The van der Waals surface area contributed by atoms with Crippen molar-refractivity contribution in [3.05, 3.63) is 18.0 Å². The van der Waals surface area contributed by atoms with Crippen molar-refractivity contribution < 1.29 is 0 Å². The molecule has 1 N–H and O–H groups in total. The van der Waals surface area contributed by atoms with E-state index in [1.807, 2.05) is 17.9 Å². The highest BCUT2D eigenvalue weighted by molar-refractivity contribution is 5.07. The molecule has 0 amide bonds. The monoisotopic (exact) mass is 235 g/mol. The fourth-order valence-electron chi connectivity index (χ4n) is 2.95. The van der Waals surface area contributed by atoms with Crippen molar-refractivity contribution in [2.45, 2.75) is 45.6 Å². The summed E-state index contributed by atoms with van der Waals surface area (Å²) in [5, 5.41) is 8.20. The van der Waals surface area contributed by atoms with Gasteiger partial charge in [0.05, 0.1) is 11.7 Å². The molecular weight excluding hydrogens is 210 g/mol. The molecule has 1 unspecified atom stereocenters. The standard InChI is InChI=1S/C14H25N3/c1-4-15-14(13-9-10-17(3)16-13)12-7-5-11(2)6-8-12/h9-12,14-15H,4-8H2,1-3H3. The molecule has 1 atom stereocenters. The van der Waals surface area contributed by atoms with E-state index < -0.39 is 0 Å². The highest BCUT2D eigenvalue weighted by Gasteiger charge is 2.27. The van der Waals surface area contributed by atoms with Gasteiger partial charge in [-0.25, -0.2) is 0 Å². The van der Waals surface area contributed by atoms with Crippen LogP contribution < -0.4 is 5.32 Å². The Hall–Kier alpha value is -0.830. The van der Waals surface area contributed by atoms with E-state index in [1.165, 1.54) is 31.4 Å². The zero-order valence-electron chi connectivity index (χ0n) is 11.3. The Balaban J connectivity index is 2.06. The van der Waals surface area contributed by atoms with Gasteiger partial charge in [-0.15, -0.1) is 0 Å². The molecule has 1 aromatic rings. The highest BCUT2D eigenvalue weighted by Crippen LogP contribution is 2.36. The molecule has 1 saturated carbocycles. The summed E-state index contributed by atoms with van der Waals surface area (Å²) in [6.07, 6.45) is 7.48. The van der Waals surface area contributed by atoms with Crippen molar-refractivity contribution in [3.63, 3.8) is 0 Å². The van der Waals surface area contributed by atoms with Gasteiger partial charge < -0.3 is 5.32 Å². The second kappa shape index (κ2) is 5.67. The second-order valence-corrected chi connectivity index (χ2v) is 5.47. The normalized spacial score (nSPS) is 27.0. The lowest BCUT2D eigenvalue weighted by Gasteiger charge is -2.32. The number of nitrogens with one attached hydrogen (secondary N) is 1. The van der Waals surface area contributed by atoms with Gasteiger partial charge in [0.2, 0.25) is 0 Å². The summed E-state index contributed by atoms with van der Waals surface area (Å²) in [7, 11) is 2.00. The van der Waals surface area contributed by atoms with Crippen LogP contribution in [0.4, 0.5) is 0 Å². The number of aryl methyl sites for hydroxylation is 1. The quantitative estimate of drug-likeness (QED) is 0.869. The summed E-state index contributed by atoms with van der Waals surface area (Å²) >= 11 is 0. The van der Waals surface area contributed by atoms with Crippen LogP contribution in [0.15, 0.2) is 12.3 Å². The Morgan fingerprint density at radius 1 is 1.41 bits per heavy atom. The van der Waals surface area contributed by atoms with Crippen molar-refractivity contribution in [1.82, 2.24) is 15.1 Å². The average Bonchev–Trinajstić information content (AvgIpc) is 2.74. The summed E-state index contributed by atoms with van der Waals surface area (Å²) in [6.45, 7) is 5.58. The van der Waals surface area contributed by atoms with Crippen LogP contribution in [0, 0.1) is 11.8 Å². The van der Waals surface area contributed by atoms with E-state index >= 15 is 0 Å². The van der Waals surface area contributed by atoms with Crippen LogP contribution in [0.1, 0.15) is 51.3 Å². The number of hydrogen-bond donors (Lipinski definition) is 1. The van der Waals surface area contributed by atoms with Crippen LogP contribution in [0.2, 0.25) is 0 Å². The SMILES string of the molecule is CCNC(c1ccn(C)n1)C1CCC(C)CC1. The Labute approximate surface area is 105 Å². The largest absolute Gasteiger partial charge is 0.309 e. The van der Waals surface area contributed by atoms with Gasteiger partial charge in [0.15, 0.2) is 0 Å². The van der Waals surface area contributed by atoms with Crippen LogP contribution in [-0.2, 0) is 7.05 Å². The van der Waals surface area contributed by atoms with Gasteiger partial charge in [0, 0.05) is 13.2 Å². The number of rotatable bonds is 4. The van der Waals surface area contributed by atoms with Crippen molar-refractivity contribution >= 4 is 0 Å². The first-order valence-electron chi connectivity index (χ1n) is 6.93. The molecule has 0 bridgehead atoms. The van der Waals surface area contributed by atoms with E-state index in [2.05, 4.69) is 30.3 Å². The minimum atomic E-state index is 0.453. The maximum atomic E-state index is 4.58. The fraction of sp³-hybridized carbons (Fsp3) is 0.786. The maximum absolute atomic E-state index is 4.58. The molecule has 1 aromatic heterocycles. The zero-order chi connectivity index (χ0) is 12.3. The molecule has 3 nitrogen and oxygen atoms in total. The third-order valence-corrected chi connectivity index (χ3v) is 4.01. The first kappa shape index (κ1) is 12.6. The van der Waals surface area contributed by atoms with Crippen molar-refractivity contribution in [2.24, 2.45) is 18.9 Å². The van der Waals surface area contributed by atoms with Crippen molar-refractivity contribution in [2.75, 3.05) is 6.54 Å². The van der Waals surface area contributed by atoms with Gasteiger partial charge in [-0.1, -0.05) is 26.7 Å². The fourth-order valence-corrected chi connectivity index (χ4v) is 2.95. The van der Waals surface area contributed by atoms with Gasteiger partial charge in [0.1, 0.15) is 0 Å². The van der Waals surface area contributed by atoms with E-state index in [-0.39, 0.29) is 0 Å². The zero-order valence-corrected chi connectivity index (χ0v) is 11.3. The second-order valence-electron chi connectivity index (χ2n) is 5.47.